The van der Waals surface area contributed by atoms with Gasteiger partial charge in [-0.15, -0.1) is 0 Å². The Morgan fingerprint density at radius 1 is 1.10 bits per heavy atom. The van der Waals surface area contributed by atoms with Crippen LogP contribution in [-0.4, -0.2) is 59.5 Å². The first-order chi connectivity index (χ1) is 18.4. The first-order valence-corrected chi connectivity index (χ1v) is 13.4. The predicted octanol–water partition coefficient (Wildman–Crippen LogP) is 1.72. The summed E-state index contributed by atoms with van der Waals surface area (Å²) in [4.78, 5) is 54.3. The van der Waals surface area contributed by atoms with Crippen molar-refractivity contribution in [1.29, 1.82) is 0 Å². The molecule has 4 rings (SSSR count). The Kier molecular flexibility index (Phi) is 7.54. The van der Waals surface area contributed by atoms with Crippen molar-refractivity contribution in [1.82, 2.24) is 15.3 Å². The van der Waals surface area contributed by atoms with Crippen LogP contribution in [0.3, 0.4) is 0 Å². The molecule has 1 aliphatic carbocycles. The highest BCUT2D eigenvalue weighted by molar-refractivity contribution is 7.92. The van der Waals surface area contributed by atoms with Gasteiger partial charge in [0.15, 0.2) is 0 Å². The van der Waals surface area contributed by atoms with Crippen LogP contribution in [0, 0.1) is 6.92 Å². The molecule has 0 saturated carbocycles. The third kappa shape index (κ3) is 5.67. The third-order valence-electron chi connectivity index (χ3n) is 6.50. The fourth-order valence-corrected chi connectivity index (χ4v) is 5.63. The summed E-state index contributed by atoms with van der Waals surface area (Å²) in [6.07, 6.45) is 0.475. The number of hydrogen-bond donors (Lipinski definition) is 4. The van der Waals surface area contributed by atoms with Crippen LogP contribution in [0.4, 0.5) is 5.69 Å². The second kappa shape index (κ2) is 10.7. The molecule has 0 bridgehead atoms. The van der Waals surface area contributed by atoms with E-state index >= 15 is 0 Å². The van der Waals surface area contributed by atoms with E-state index in [1.54, 1.807) is 13.0 Å². The number of rotatable bonds is 9. The minimum atomic E-state index is -4.06. The molecular weight excluding hydrogens is 528 g/mol. The Morgan fingerprint density at radius 2 is 1.79 bits per heavy atom. The molecule has 1 atom stereocenters. The molecule has 0 spiro atoms. The van der Waals surface area contributed by atoms with Crippen LogP contribution >= 0.6 is 0 Å². The molecule has 0 fully saturated rings. The van der Waals surface area contributed by atoms with E-state index in [0.717, 1.165) is 9.87 Å². The van der Waals surface area contributed by atoms with Gasteiger partial charge in [0.2, 0.25) is 0 Å². The van der Waals surface area contributed by atoms with Crippen LogP contribution in [0.15, 0.2) is 52.2 Å². The van der Waals surface area contributed by atoms with Crippen molar-refractivity contribution in [3.05, 3.63) is 75.5 Å². The van der Waals surface area contributed by atoms with E-state index in [1.165, 1.54) is 43.4 Å². The smallest absolute Gasteiger partial charge is 0.326 e. The molecule has 2 aromatic carbocycles. The summed E-state index contributed by atoms with van der Waals surface area (Å²) in [5, 5.41) is 20.3. The number of carbonyl (C=O) groups excluding carboxylic acids is 1. The lowest BCUT2D eigenvalue weighted by molar-refractivity contribution is -0.140. The molecule has 0 saturated heterocycles. The summed E-state index contributed by atoms with van der Waals surface area (Å²) in [6, 6.07) is 8.71. The number of aromatic amines is 1. The molecule has 39 heavy (non-hydrogen) atoms. The van der Waals surface area contributed by atoms with Crippen molar-refractivity contribution < 1.29 is 33.0 Å². The molecule has 13 heteroatoms. The number of anilines is 1. The first-order valence-electron chi connectivity index (χ1n) is 12.0. The van der Waals surface area contributed by atoms with Crippen molar-refractivity contribution in [2.75, 3.05) is 11.4 Å². The molecule has 0 aliphatic heterocycles. The lowest BCUT2D eigenvalue weighted by Gasteiger charge is -2.23. The van der Waals surface area contributed by atoms with Gasteiger partial charge in [-0.2, -0.15) is 0 Å². The zero-order valence-electron chi connectivity index (χ0n) is 21.1. The number of benzene rings is 2. The molecule has 3 aromatic rings. The Balaban J connectivity index is 1.57. The molecule has 204 valence electrons. The second-order valence-electron chi connectivity index (χ2n) is 9.11. The number of nitrogens with zero attached hydrogens (tertiary/aromatic N) is 2. The van der Waals surface area contributed by atoms with Gasteiger partial charge < -0.3 is 20.5 Å². The van der Waals surface area contributed by atoms with E-state index in [2.05, 4.69) is 15.3 Å². The molecule has 12 nitrogen and oxygen atoms in total. The number of amides is 1. The quantitative estimate of drug-likeness (QED) is 0.305. The van der Waals surface area contributed by atoms with Gasteiger partial charge in [-0.05, 0) is 73.7 Å². The van der Waals surface area contributed by atoms with Gasteiger partial charge >= 0.3 is 11.9 Å². The van der Waals surface area contributed by atoms with Gasteiger partial charge in [0.1, 0.15) is 11.9 Å². The number of sulfonamides is 1. The standard InChI is InChI=1S/C26H26N4O8S/c1-14-27-20-10-6-15-5-9-18(13-19(15)23(20)25(34)28-14)39(37,38)30(2)17-7-3-16(4-8-17)24(33)29-21(26(35)36)11-12-22(31)32/h3-5,7-9,13,21H,6,10-12H2,1-2H3,(H,29,33)(H,31,32)(H,35,36)(H,27,28,34)/t21-/m0/s1. The third-order valence-corrected chi connectivity index (χ3v) is 8.28. The van der Waals surface area contributed by atoms with Gasteiger partial charge in [-0.1, -0.05) is 6.07 Å². The maximum Gasteiger partial charge on any atom is 0.326 e. The van der Waals surface area contributed by atoms with Gasteiger partial charge in [0, 0.05) is 19.0 Å². The van der Waals surface area contributed by atoms with Crippen LogP contribution in [0.2, 0.25) is 0 Å². The molecule has 1 heterocycles. The molecule has 0 radical (unpaired) electrons. The van der Waals surface area contributed by atoms with Crippen molar-refractivity contribution in [2.24, 2.45) is 0 Å². The Morgan fingerprint density at radius 3 is 2.44 bits per heavy atom. The number of fused-ring (bicyclic) bond motifs is 3. The molecule has 1 aromatic heterocycles. The fourth-order valence-electron chi connectivity index (χ4n) is 4.41. The van der Waals surface area contributed by atoms with Gasteiger partial charge in [0.25, 0.3) is 21.5 Å². The number of H-pyrrole nitrogens is 1. The summed E-state index contributed by atoms with van der Waals surface area (Å²) in [5.74, 6) is -2.81. The normalized spacial score (nSPS) is 13.1. The average Bonchev–Trinajstić information content (AvgIpc) is 2.89. The maximum atomic E-state index is 13.5. The predicted molar refractivity (Wildman–Crippen MR) is 140 cm³/mol. The van der Waals surface area contributed by atoms with E-state index in [1.807, 2.05) is 0 Å². The Hall–Kier alpha value is -4.52. The van der Waals surface area contributed by atoms with Crippen LogP contribution in [0.25, 0.3) is 11.1 Å². The van der Waals surface area contributed by atoms with Crippen molar-refractivity contribution in [3.63, 3.8) is 0 Å². The number of carbonyl (C=O) groups is 3. The van der Waals surface area contributed by atoms with Crippen LogP contribution in [0.5, 0.6) is 0 Å². The number of aromatic nitrogens is 2. The summed E-state index contributed by atoms with van der Waals surface area (Å²) in [5.41, 5.74) is 2.32. The van der Waals surface area contributed by atoms with E-state index in [0.29, 0.717) is 35.5 Å². The Labute approximate surface area is 223 Å². The number of hydrogen-bond acceptors (Lipinski definition) is 7. The first kappa shape index (κ1) is 27.5. The maximum absolute atomic E-state index is 13.5. The van der Waals surface area contributed by atoms with E-state index in [9.17, 15) is 32.7 Å². The lowest BCUT2D eigenvalue weighted by atomic mass is 9.89. The molecule has 1 amide bonds. The highest BCUT2D eigenvalue weighted by atomic mass is 32.2. The summed E-state index contributed by atoms with van der Waals surface area (Å²) in [7, 11) is -2.71. The van der Waals surface area contributed by atoms with Gasteiger partial charge in [-0.25, -0.2) is 18.2 Å². The summed E-state index contributed by atoms with van der Waals surface area (Å²) in [6.45, 7) is 1.69. The number of nitrogens with one attached hydrogen (secondary N) is 2. The monoisotopic (exact) mass is 554 g/mol. The zero-order chi connectivity index (χ0) is 28.5. The zero-order valence-corrected chi connectivity index (χ0v) is 21.9. The highest BCUT2D eigenvalue weighted by Gasteiger charge is 2.27. The number of aliphatic carboxylic acids is 2. The average molecular weight is 555 g/mol. The van der Waals surface area contributed by atoms with Crippen LogP contribution in [-0.2, 0) is 32.5 Å². The summed E-state index contributed by atoms with van der Waals surface area (Å²) >= 11 is 0. The largest absolute Gasteiger partial charge is 0.481 e. The summed E-state index contributed by atoms with van der Waals surface area (Å²) < 4.78 is 28.0. The van der Waals surface area contributed by atoms with Crippen molar-refractivity contribution >= 4 is 33.6 Å². The van der Waals surface area contributed by atoms with E-state index < -0.39 is 40.3 Å². The molecule has 0 unspecified atom stereocenters. The Bertz CT molecular complexity index is 1630. The molecular formula is C26H26N4O8S. The van der Waals surface area contributed by atoms with E-state index in [4.69, 9.17) is 5.11 Å². The van der Waals surface area contributed by atoms with Crippen LogP contribution in [0.1, 0.15) is 40.3 Å². The van der Waals surface area contributed by atoms with E-state index in [-0.39, 0.29) is 28.1 Å². The molecule has 1 aliphatic rings. The molecule has 4 N–H and O–H groups in total. The second-order valence-corrected chi connectivity index (χ2v) is 11.1. The highest BCUT2D eigenvalue weighted by Crippen LogP contribution is 2.33. The fraction of sp³-hybridized carbons (Fsp3) is 0.269. The van der Waals surface area contributed by atoms with Crippen LogP contribution < -0.4 is 15.2 Å². The van der Waals surface area contributed by atoms with Crippen molar-refractivity contribution in [2.45, 2.75) is 43.5 Å². The lowest BCUT2D eigenvalue weighted by Crippen LogP contribution is -2.41. The van der Waals surface area contributed by atoms with Crippen molar-refractivity contribution in [3.8, 4) is 11.1 Å². The SMILES string of the molecule is Cc1nc2c(c(=O)[nH]1)-c1cc(S(=O)(=O)N(C)c3ccc(C(=O)N[C@@H](CCC(=O)O)C(=O)O)cc3)ccc1CC2. The topological polar surface area (TPSA) is 187 Å². The van der Waals surface area contributed by atoms with Gasteiger partial charge in [-0.3, -0.25) is 18.7 Å². The number of carboxylic acids is 2. The minimum absolute atomic E-state index is 0.0267. The minimum Gasteiger partial charge on any atom is -0.481 e. The number of aryl methyl sites for hydroxylation is 3. The van der Waals surface area contributed by atoms with Gasteiger partial charge in [0.05, 0.1) is 21.8 Å². The number of carboxylic acid groups (broad SMARTS) is 2.